The number of nitrogens with one attached hydrogen (secondary N) is 1. The number of aromatic nitrogens is 1. The molecular formula is C23H38N4O2. The summed E-state index contributed by atoms with van der Waals surface area (Å²) in [6, 6.07) is 2.18. The molecule has 1 N–H and O–H groups in total. The normalized spacial score (nSPS) is 27.3. The second kappa shape index (κ2) is 10.1. The van der Waals surface area contributed by atoms with Gasteiger partial charge in [0, 0.05) is 45.1 Å². The highest BCUT2D eigenvalue weighted by atomic mass is 16.5. The smallest absolute Gasteiger partial charge is 0.222 e. The van der Waals surface area contributed by atoms with E-state index in [9.17, 15) is 4.79 Å². The van der Waals surface area contributed by atoms with Crippen LogP contribution in [0.25, 0.3) is 0 Å². The molecule has 2 aliphatic heterocycles. The van der Waals surface area contributed by atoms with Crippen LogP contribution in [-0.4, -0.2) is 67.2 Å². The van der Waals surface area contributed by atoms with Gasteiger partial charge < -0.3 is 19.6 Å². The second-order valence-electron chi connectivity index (χ2n) is 9.60. The van der Waals surface area contributed by atoms with Crippen molar-refractivity contribution in [3.63, 3.8) is 0 Å². The Labute approximate surface area is 175 Å². The monoisotopic (exact) mass is 402 g/mol. The molecule has 1 aliphatic carbocycles. The molecule has 6 nitrogen and oxygen atoms in total. The van der Waals surface area contributed by atoms with Crippen molar-refractivity contribution in [1.82, 2.24) is 20.3 Å². The predicted octanol–water partition coefficient (Wildman–Crippen LogP) is 2.73. The number of amides is 1. The highest BCUT2D eigenvalue weighted by molar-refractivity contribution is 5.76. The Hall–Kier alpha value is -1.40. The van der Waals surface area contributed by atoms with Crippen molar-refractivity contribution < 1.29 is 9.32 Å². The molecule has 1 aromatic heterocycles. The third kappa shape index (κ3) is 5.82. The summed E-state index contributed by atoms with van der Waals surface area (Å²) in [4.78, 5) is 17.2. The van der Waals surface area contributed by atoms with Gasteiger partial charge in [0.25, 0.3) is 0 Å². The summed E-state index contributed by atoms with van der Waals surface area (Å²) in [5.74, 6) is 3.08. The molecule has 0 bridgehead atoms. The largest absolute Gasteiger partial charge is 0.361 e. The third-order valence-corrected chi connectivity index (χ3v) is 7.35. The molecule has 3 fully saturated rings. The summed E-state index contributed by atoms with van der Waals surface area (Å²) in [5, 5.41) is 7.91. The molecular weight excluding hydrogens is 364 g/mol. The maximum Gasteiger partial charge on any atom is 0.222 e. The summed E-state index contributed by atoms with van der Waals surface area (Å²) in [7, 11) is 2.13. The second-order valence-corrected chi connectivity index (χ2v) is 9.60. The molecule has 3 heterocycles. The molecule has 4 rings (SSSR count). The van der Waals surface area contributed by atoms with Crippen LogP contribution < -0.4 is 5.32 Å². The van der Waals surface area contributed by atoms with Crippen LogP contribution in [0.4, 0.5) is 0 Å². The van der Waals surface area contributed by atoms with Crippen LogP contribution in [0.5, 0.6) is 0 Å². The average Bonchev–Trinajstić information content (AvgIpc) is 3.17. The number of carbonyl (C=O) groups excluding carboxylic acids is 1. The Balaban J connectivity index is 1.30. The van der Waals surface area contributed by atoms with E-state index in [0.29, 0.717) is 24.2 Å². The van der Waals surface area contributed by atoms with Crippen LogP contribution in [0.3, 0.4) is 0 Å². The summed E-state index contributed by atoms with van der Waals surface area (Å²) in [5.41, 5.74) is 1.07. The fourth-order valence-corrected chi connectivity index (χ4v) is 5.39. The third-order valence-electron chi connectivity index (χ3n) is 7.35. The van der Waals surface area contributed by atoms with Crippen LogP contribution in [0.1, 0.15) is 56.4 Å². The van der Waals surface area contributed by atoms with Crippen molar-refractivity contribution in [1.29, 1.82) is 0 Å². The first kappa shape index (κ1) is 20.9. The minimum absolute atomic E-state index is 0.341. The minimum atomic E-state index is 0.341. The predicted molar refractivity (Wildman–Crippen MR) is 114 cm³/mol. The number of rotatable bonds is 6. The van der Waals surface area contributed by atoms with Gasteiger partial charge in [-0.2, -0.15) is 0 Å². The van der Waals surface area contributed by atoms with E-state index in [1.54, 1.807) is 0 Å². The zero-order valence-electron chi connectivity index (χ0n) is 18.1. The molecule has 2 saturated heterocycles. The maximum atomic E-state index is 12.8. The first-order chi connectivity index (χ1) is 14.2. The van der Waals surface area contributed by atoms with Crippen molar-refractivity contribution in [3.8, 4) is 0 Å². The summed E-state index contributed by atoms with van der Waals surface area (Å²) >= 11 is 0. The van der Waals surface area contributed by atoms with Gasteiger partial charge in [-0.05, 0) is 50.7 Å². The van der Waals surface area contributed by atoms with E-state index in [2.05, 4.69) is 33.4 Å². The lowest BCUT2D eigenvalue weighted by Gasteiger charge is -2.36. The average molecular weight is 403 g/mol. The van der Waals surface area contributed by atoms with Crippen LogP contribution >= 0.6 is 0 Å². The van der Waals surface area contributed by atoms with Crippen molar-refractivity contribution in [2.75, 3.05) is 46.3 Å². The van der Waals surface area contributed by atoms with Crippen LogP contribution in [0, 0.1) is 17.8 Å². The van der Waals surface area contributed by atoms with E-state index in [1.807, 2.05) is 0 Å². The number of piperidine rings is 1. The van der Waals surface area contributed by atoms with Gasteiger partial charge in [0.05, 0.1) is 5.69 Å². The van der Waals surface area contributed by atoms with Crippen LogP contribution in [-0.2, 0) is 17.6 Å². The Morgan fingerprint density at radius 2 is 1.90 bits per heavy atom. The first-order valence-corrected chi connectivity index (χ1v) is 11.8. The number of likely N-dealkylation sites (N-methyl/N-ethyl adjacent to an activating group) is 1. The van der Waals surface area contributed by atoms with Crippen molar-refractivity contribution in [3.05, 3.63) is 17.5 Å². The molecule has 3 aliphatic rings. The summed E-state index contributed by atoms with van der Waals surface area (Å²) < 4.78 is 5.68. The highest BCUT2D eigenvalue weighted by Crippen LogP contribution is 2.29. The Morgan fingerprint density at radius 1 is 1.10 bits per heavy atom. The van der Waals surface area contributed by atoms with E-state index in [0.717, 1.165) is 75.9 Å². The molecule has 2 atom stereocenters. The number of piperazine rings is 1. The molecule has 29 heavy (non-hydrogen) atoms. The topological polar surface area (TPSA) is 61.6 Å². The Morgan fingerprint density at radius 3 is 2.69 bits per heavy atom. The first-order valence-electron chi connectivity index (χ1n) is 11.8. The van der Waals surface area contributed by atoms with Crippen molar-refractivity contribution in [2.45, 2.75) is 57.8 Å². The molecule has 0 spiro atoms. The van der Waals surface area contributed by atoms with Gasteiger partial charge in [0.15, 0.2) is 0 Å². The van der Waals surface area contributed by atoms with Crippen molar-refractivity contribution in [2.24, 2.45) is 17.8 Å². The fraction of sp³-hybridized carbons (Fsp3) is 0.826. The van der Waals surface area contributed by atoms with E-state index in [-0.39, 0.29) is 0 Å². The lowest BCUT2D eigenvalue weighted by molar-refractivity contribution is -0.134. The quantitative estimate of drug-likeness (QED) is 0.793. The molecule has 162 valence electrons. The standard InChI is InChI=1S/C23H38N4O2/c1-26-9-11-27(12-10-26)23(28)15-19-7-8-24-17-20(19)14-21-16-22(29-25-21)13-18-5-3-2-4-6-18/h16,18-20,24H,2-15,17H2,1H3. The molecule has 1 amide bonds. The number of nitrogens with zero attached hydrogens (tertiary/aromatic N) is 3. The van der Waals surface area contributed by atoms with E-state index in [1.165, 1.54) is 32.1 Å². The molecule has 2 unspecified atom stereocenters. The zero-order valence-corrected chi connectivity index (χ0v) is 18.1. The van der Waals surface area contributed by atoms with E-state index >= 15 is 0 Å². The van der Waals surface area contributed by atoms with E-state index in [4.69, 9.17) is 4.52 Å². The maximum absolute atomic E-state index is 12.8. The fourth-order valence-electron chi connectivity index (χ4n) is 5.39. The summed E-state index contributed by atoms with van der Waals surface area (Å²) in [6.45, 7) is 5.72. The molecule has 1 saturated carbocycles. The van der Waals surface area contributed by atoms with Crippen molar-refractivity contribution >= 4 is 5.91 Å². The van der Waals surface area contributed by atoms with Gasteiger partial charge in [0.1, 0.15) is 5.76 Å². The molecule has 6 heteroatoms. The SMILES string of the molecule is CN1CCN(C(=O)CC2CCNCC2Cc2cc(CC3CCCCC3)on2)CC1. The van der Waals surface area contributed by atoms with Crippen LogP contribution in [0.15, 0.2) is 10.6 Å². The van der Waals surface area contributed by atoms with E-state index < -0.39 is 0 Å². The molecule has 1 aromatic rings. The molecule has 0 radical (unpaired) electrons. The number of hydrogen-bond donors (Lipinski definition) is 1. The van der Waals surface area contributed by atoms with Gasteiger partial charge in [-0.15, -0.1) is 0 Å². The lowest BCUT2D eigenvalue weighted by Crippen LogP contribution is -2.48. The highest BCUT2D eigenvalue weighted by Gasteiger charge is 2.30. The minimum Gasteiger partial charge on any atom is -0.361 e. The Bertz CT molecular complexity index is 647. The van der Waals surface area contributed by atoms with Gasteiger partial charge in [-0.1, -0.05) is 37.3 Å². The lowest BCUT2D eigenvalue weighted by atomic mass is 9.80. The summed E-state index contributed by atoms with van der Waals surface area (Å²) in [6.07, 6.45) is 10.5. The van der Waals surface area contributed by atoms with Gasteiger partial charge >= 0.3 is 0 Å². The molecule has 0 aromatic carbocycles. The number of carbonyl (C=O) groups is 1. The van der Waals surface area contributed by atoms with Gasteiger partial charge in [-0.3, -0.25) is 4.79 Å². The zero-order chi connectivity index (χ0) is 20.1. The van der Waals surface area contributed by atoms with Crippen LogP contribution in [0.2, 0.25) is 0 Å². The number of hydrogen-bond acceptors (Lipinski definition) is 5. The van der Waals surface area contributed by atoms with Gasteiger partial charge in [-0.25, -0.2) is 0 Å². The Kier molecular flexibility index (Phi) is 7.24. The van der Waals surface area contributed by atoms with Gasteiger partial charge in [0.2, 0.25) is 5.91 Å².